The molecular formula is C13H16N4O2S. The van der Waals surface area contributed by atoms with Gasteiger partial charge in [0.05, 0.1) is 11.8 Å². The smallest absolute Gasteiger partial charge is 0.266 e. The van der Waals surface area contributed by atoms with Gasteiger partial charge in [0.15, 0.2) is 0 Å². The van der Waals surface area contributed by atoms with Gasteiger partial charge in [0, 0.05) is 25.5 Å². The third-order valence-electron chi connectivity index (χ3n) is 3.70. The molecule has 20 heavy (non-hydrogen) atoms. The van der Waals surface area contributed by atoms with Crippen LogP contribution in [0.25, 0.3) is 10.3 Å². The summed E-state index contributed by atoms with van der Waals surface area (Å²) in [4.78, 5) is 23.8. The molecule has 1 fully saturated rings. The van der Waals surface area contributed by atoms with E-state index in [2.05, 4.69) is 9.97 Å². The molecule has 0 aromatic carbocycles. The number of piperidine rings is 1. The highest BCUT2D eigenvalue weighted by molar-refractivity contribution is 7.21. The Bertz CT molecular complexity index is 657. The lowest BCUT2D eigenvalue weighted by molar-refractivity contribution is 0.0301. The van der Waals surface area contributed by atoms with E-state index in [1.807, 2.05) is 6.92 Å². The Labute approximate surface area is 120 Å². The molecule has 3 heterocycles. The molecule has 2 aromatic heterocycles. The Balaban J connectivity index is 1.91. The van der Waals surface area contributed by atoms with Gasteiger partial charge in [0.1, 0.15) is 15.2 Å². The standard InChI is InChI=1S/C13H16N4O2S/c1-7-6-17(5-2-8(7)18)13(19)11-9(14)10-12(20-11)16-4-3-15-10/h3-4,7-8,18H,2,5-6,14H2,1H3. The summed E-state index contributed by atoms with van der Waals surface area (Å²) in [6.45, 7) is 3.05. The topological polar surface area (TPSA) is 92.3 Å². The normalized spacial score (nSPS) is 23.2. The predicted octanol–water partition coefficient (Wildman–Crippen LogP) is 1.12. The molecule has 1 saturated heterocycles. The van der Waals surface area contributed by atoms with Crippen molar-refractivity contribution in [3.63, 3.8) is 0 Å². The number of fused-ring (bicyclic) bond motifs is 1. The zero-order valence-electron chi connectivity index (χ0n) is 11.1. The van der Waals surface area contributed by atoms with Gasteiger partial charge < -0.3 is 15.7 Å². The third kappa shape index (κ3) is 2.12. The van der Waals surface area contributed by atoms with E-state index in [-0.39, 0.29) is 17.9 Å². The second-order valence-electron chi connectivity index (χ2n) is 5.14. The molecule has 3 N–H and O–H groups in total. The molecule has 0 spiro atoms. The molecule has 7 heteroatoms. The number of rotatable bonds is 1. The molecule has 1 amide bonds. The van der Waals surface area contributed by atoms with Crippen molar-refractivity contribution in [2.45, 2.75) is 19.4 Å². The first-order valence-corrected chi connectivity index (χ1v) is 7.36. The van der Waals surface area contributed by atoms with E-state index in [1.165, 1.54) is 11.3 Å². The highest BCUT2D eigenvalue weighted by Crippen LogP contribution is 2.32. The Morgan fingerprint density at radius 1 is 1.50 bits per heavy atom. The fourth-order valence-electron chi connectivity index (χ4n) is 2.46. The van der Waals surface area contributed by atoms with E-state index < -0.39 is 0 Å². The maximum Gasteiger partial charge on any atom is 0.266 e. The fourth-order valence-corrected chi connectivity index (χ4v) is 3.45. The second kappa shape index (κ2) is 4.99. The average molecular weight is 292 g/mol. The number of likely N-dealkylation sites (tertiary alicyclic amines) is 1. The SMILES string of the molecule is CC1CN(C(=O)c2sc3nccnc3c2N)CCC1O. The zero-order valence-corrected chi connectivity index (χ0v) is 11.9. The summed E-state index contributed by atoms with van der Waals surface area (Å²) in [5.41, 5.74) is 7.01. The van der Waals surface area contributed by atoms with Crippen LogP contribution >= 0.6 is 11.3 Å². The molecule has 1 aliphatic heterocycles. The van der Waals surface area contributed by atoms with Gasteiger partial charge in [-0.1, -0.05) is 6.92 Å². The van der Waals surface area contributed by atoms with Gasteiger partial charge in [-0.25, -0.2) is 9.97 Å². The number of thiophene rings is 1. The first-order valence-electron chi connectivity index (χ1n) is 6.54. The zero-order chi connectivity index (χ0) is 14.3. The lowest BCUT2D eigenvalue weighted by Gasteiger charge is -2.34. The molecule has 106 valence electrons. The van der Waals surface area contributed by atoms with Crippen molar-refractivity contribution in [3.05, 3.63) is 17.3 Å². The van der Waals surface area contributed by atoms with Gasteiger partial charge in [0.2, 0.25) is 0 Å². The van der Waals surface area contributed by atoms with Crippen molar-refractivity contribution in [2.24, 2.45) is 5.92 Å². The van der Waals surface area contributed by atoms with E-state index >= 15 is 0 Å². The lowest BCUT2D eigenvalue weighted by Crippen LogP contribution is -2.44. The van der Waals surface area contributed by atoms with Crippen molar-refractivity contribution in [1.29, 1.82) is 0 Å². The number of nitrogens with two attached hydrogens (primary N) is 1. The summed E-state index contributed by atoms with van der Waals surface area (Å²) in [7, 11) is 0. The van der Waals surface area contributed by atoms with Crippen LogP contribution in [0.2, 0.25) is 0 Å². The summed E-state index contributed by atoms with van der Waals surface area (Å²) in [6, 6.07) is 0. The van der Waals surface area contributed by atoms with Gasteiger partial charge in [-0.3, -0.25) is 4.79 Å². The van der Waals surface area contributed by atoms with Gasteiger partial charge >= 0.3 is 0 Å². The van der Waals surface area contributed by atoms with Crippen molar-refractivity contribution in [3.8, 4) is 0 Å². The number of hydrogen-bond donors (Lipinski definition) is 2. The quantitative estimate of drug-likeness (QED) is 0.821. The van der Waals surface area contributed by atoms with Crippen LogP contribution in [0.4, 0.5) is 5.69 Å². The molecule has 6 nitrogen and oxygen atoms in total. The van der Waals surface area contributed by atoms with Crippen LogP contribution in [0, 0.1) is 5.92 Å². The Morgan fingerprint density at radius 3 is 2.95 bits per heavy atom. The Kier molecular flexibility index (Phi) is 3.31. The number of nitrogen functional groups attached to an aromatic ring is 1. The third-order valence-corrected chi connectivity index (χ3v) is 4.80. The maximum atomic E-state index is 12.6. The highest BCUT2D eigenvalue weighted by atomic mass is 32.1. The summed E-state index contributed by atoms with van der Waals surface area (Å²) in [6.07, 6.45) is 3.43. The Morgan fingerprint density at radius 2 is 2.25 bits per heavy atom. The van der Waals surface area contributed by atoms with Gasteiger partial charge in [-0.2, -0.15) is 0 Å². The van der Waals surface area contributed by atoms with Gasteiger partial charge in [0.25, 0.3) is 5.91 Å². The van der Waals surface area contributed by atoms with E-state index in [0.29, 0.717) is 40.4 Å². The lowest BCUT2D eigenvalue weighted by atomic mass is 9.96. The largest absolute Gasteiger partial charge is 0.396 e. The van der Waals surface area contributed by atoms with E-state index in [9.17, 15) is 9.90 Å². The van der Waals surface area contributed by atoms with Crippen molar-refractivity contribution in [1.82, 2.24) is 14.9 Å². The van der Waals surface area contributed by atoms with E-state index in [1.54, 1.807) is 17.3 Å². The number of nitrogens with zero attached hydrogens (tertiary/aromatic N) is 3. The molecular weight excluding hydrogens is 276 g/mol. The maximum absolute atomic E-state index is 12.6. The van der Waals surface area contributed by atoms with Crippen molar-refractivity contribution < 1.29 is 9.90 Å². The first kappa shape index (κ1) is 13.3. The summed E-state index contributed by atoms with van der Waals surface area (Å²) >= 11 is 1.28. The minimum Gasteiger partial charge on any atom is -0.396 e. The highest BCUT2D eigenvalue weighted by Gasteiger charge is 2.30. The number of aliphatic hydroxyl groups excluding tert-OH is 1. The number of carbonyl (C=O) groups is 1. The number of carbonyl (C=O) groups excluding carboxylic acids is 1. The van der Waals surface area contributed by atoms with Crippen LogP contribution in [0.5, 0.6) is 0 Å². The summed E-state index contributed by atoms with van der Waals surface area (Å²) in [5, 5.41) is 9.74. The number of hydrogen-bond acceptors (Lipinski definition) is 6. The Hall–Kier alpha value is -1.73. The molecule has 0 saturated carbocycles. The average Bonchev–Trinajstić information content (AvgIpc) is 2.79. The van der Waals surface area contributed by atoms with Crippen molar-refractivity contribution in [2.75, 3.05) is 18.8 Å². The molecule has 2 unspecified atom stereocenters. The predicted molar refractivity (Wildman–Crippen MR) is 77.5 cm³/mol. The molecule has 0 radical (unpaired) electrons. The van der Waals surface area contributed by atoms with E-state index in [0.717, 1.165) is 0 Å². The summed E-state index contributed by atoms with van der Waals surface area (Å²) in [5.74, 6) is -0.00870. The molecule has 2 aromatic rings. The van der Waals surface area contributed by atoms with Crippen molar-refractivity contribution >= 4 is 33.3 Å². The van der Waals surface area contributed by atoms with Crippen LogP contribution < -0.4 is 5.73 Å². The van der Waals surface area contributed by atoms with Crippen LogP contribution in [-0.2, 0) is 0 Å². The minimum atomic E-state index is -0.331. The number of anilines is 1. The minimum absolute atomic E-state index is 0.0829. The molecule has 3 rings (SSSR count). The van der Waals surface area contributed by atoms with E-state index in [4.69, 9.17) is 5.73 Å². The van der Waals surface area contributed by atoms with Gasteiger partial charge in [-0.05, 0) is 12.3 Å². The molecule has 0 bridgehead atoms. The summed E-state index contributed by atoms with van der Waals surface area (Å²) < 4.78 is 0. The second-order valence-corrected chi connectivity index (χ2v) is 6.14. The molecule has 1 aliphatic rings. The van der Waals surface area contributed by atoms with Gasteiger partial charge in [-0.15, -0.1) is 11.3 Å². The number of amides is 1. The number of aromatic nitrogens is 2. The van der Waals surface area contributed by atoms with Crippen LogP contribution in [0.3, 0.4) is 0 Å². The monoisotopic (exact) mass is 292 g/mol. The first-order chi connectivity index (χ1) is 9.58. The molecule has 2 atom stereocenters. The fraction of sp³-hybridized carbons (Fsp3) is 0.462. The van der Waals surface area contributed by atoms with Crippen LogP contribution in [0.1, 0.15) is 23.0 Å². The number of aliphatic hydroxyl groups is 1. The molecule has 0 aliphatic carbocycles. The van der Waals surface area contributed by atoms with Crippen LogP contribution in [-0.4, -0.2) is 45.1 Å². The van der Waals surface area contributed by atoms with Crippen LogP contribution in [0.15, 0.2) is 12.4 Å².